The molecule has 0 aliphatic heterocycles. The van der Waals surface area contributed by atoms with Crippen LogP contribution in [0.5, 0.6) is 0 Å². The third-order valence-electron chi connectivity index (χ3n) is 2.65. The second-order valence-corrected chi connectivity index (χ2v) is 4.98. The van der Waals surface area contributed by atoms with Crippen molar-refractivity contribution in [1.82, 2.24) is 10.2 Å². The fourth-order valence-electron chi connectivity index (χ4n) is 1.76. The van der Waals surface area contributed by atoms with Crippen molar-refractivity contribution in [3.63, 3.8) is 0 Å². The van der Waals surface area contributed by atoms with Crippen molar-refractivity contribution in [3.8, 4) is 6.07 Å². The van der Waals surface area contributed by atoms with Crippen LogP contribution < -0.4 is 5.32 Å². The first-order valence-corrected chi connectivity index (χ1v) is 6.65. The van der Waals surface area contributed by atoms with Crippen LogP contribution in [0.4, 0.5) is 4.79 Å². The Morgan fingerprint density at radius 3 is 2.71 bits per heavy atom. The molecule has 2 amide bonds. The quantitative estimate of drug-likeness (QED) is 0.800. The highest BCUT2D eigenvalue weighted by molar-refractivity contribution is 5.84. The zero-order valence-corrected chi connectivity index (χ0v) is 12.1. The van der Waals surface area contributed by atoms with Gasteiger partial charge in [0.1, 0.15) is 5.76 Å². The Hall–Kier alpha value is -2.49. The van der Waals surface area contributed by atoms with Gasteiger partial charge in [-0.3, -0.25) is 0 Å². The van der Waals surface area contributed by atoms with E-state index in [9.17, 15) is 9.59 Å². The number of rotatable bonds is 7. The molecule has 1 heterocycles. The molecule has 0 atom stereocenters. The average Bonchev–Trinajstić information content (AvgIpc) is 2.89. The summed E-state index contributed by atoms with van der Waals surface area (Å²) in [4.78, 5) is 24.3. The Kier molecular flexibility index (Phi) is 6.27. The van der Waals surface area contributed by atoms with Crippen LogP contribution in [-0.4, -0.2) is 35.1 Å². The van der Waals surface area contributed by atoms with Crippen LogP contribution >= 0.6 is 0 Å². The summed E-state index contributed by atoms with van der Waals surface area (Å²) < 4.78 is 5.05. The first-order chi connectivity index (χ1) is 9.93. The van der Waals surface area contributed by atoms with Crippen LogP contribution in [0.2, 0.25) is 0 Å². The minimum absolute atomic E-state index is 0.104. The third kappa shape index (κ3) is 5.57. The van der Waals surface area contributed by atoms with Crippen LogP contribution in [0.3, 0.4) is 0 Å². The van der Waals surface area contributed by atoms with E-state index >= 15 is 0 Å². The summed E-state index contributed by atoms with van der Waals surface area (Å²) in [5.41, 5.74) is 0. The van der Waals surface area contributed by atoms with Crippen molar-refractivity contribution >= 4 is 12.0 Å². The lowest BCUT2D eigenvalue weighted by atomic mass is 10.2. The topological polar surface area (TPSA) is 107 Å². The minimum Gasteiger partial charge on any atom is -0.475 e. The second-order valence-electron chi connectivity index (χ2n) is 4.98. The number of carbonyl (C=O) groups is 2. The summed E-state index contributed by atoms with van der Waals surface area (Å²) >= 11 is 0. The molecular formula is C14H19N3O4. The standard InChI is InChI=1S/C14H19N3O4/c1-10(2)9-17(7-3-6-15)14(20)16-8-11-4-5-12(21-11)13(18)19/h4-5,10H,3,7-9H2,1-2H3,(H,16,20)(H,18,19). The highest BCUT2D eigenvalue weighted by Crippen LogP contribution is 2.08. The van der Waals surface area contributed by atoms with E-state index in [0.29, 0.717) is 18.8 Å². The van der Waals surface area contributed by atoms with Crippen LogP contribution in [0.25, 0.3) is 0 Å². The van der Waals surface area contributed by atoms with E-state index in [4.69, 9.17) is 14.8 Å². The number of carboxylic acids is 1. The second kappa shape index (κ2) is 7.94. The minimum atomic E-state index is -1.15. The Balaban J connectivity index is 2.55. The van der Waals surface area contributed by atoms with Crippen molar-refractivity contribution in [2.24, 2.45) is 5.92 Å². The number of nitrogens with one attached hydrogen (secondary N) is 1. The van der Waals surface area contributed by atoms with Gasteiger partial charge in [-0.2, -0.15) is 5.26 Å². The predicted octanol–water partition coefficient (Wildman–Crippen LogP) is 2.06. The number of hydrogen-bond acceptors (Lipinski definition) is 4. The van der Waals surface area contributed by atoms with Gasteiger partial charge in [0.2, 0.25) is 5.76 Å². The number of carboxylic acid groups (broad SMARTS) is 1. The Bertz CT molecular complexity index is 531. The molecule has 0 aromatic carbocycles. The molecule has 0 saturated carbocycles. The van der Waals surface area contributed by atoms with Gasteiger partial charge in [0, 0.05) is 13.1 Å². The summed E-state index contributed by atoms with van der Waals surface area (Å²) in [6.45, 7) is 4.98. The fourth-order valence-corrected chi connectivity index (χ4v) is 1.76. The molecule has 7 heteroatoms. The SMILES string of the molecule is CC(C)CN(CCC#N)C(=O)NCc1ccc(C(=O)O)o1. The van der Waals surface area contributed by atoms with E-state index in [1.165, 1.54) is 12.1 Å². The zero-order chi connectivity index (χ0) is 15.8. The largest absolute Gasteiger partial charge is 0.475 e. The summed E-state index contributed by atoms with van der Waals surface area (Å²) in [6, 6.07) is 4.56. The van der Waals surface area contributed by atoms with E-state index in [1.54, 1.807) is 4.90 Å². The summed E-state index contributed by atoms with van der Waals surface area (Å²) in [5, 5.41) is 20.0. The van der Waals surface area contributed by atoms with E-state index < -0.39 is 5.97 Å². The van der Waals surface area contributed by atoms with E-state index in [1.807, 2.05) is 19.9 Å². The summed E-state index contributed by atoms with van der Waals surface area (Å²) in [5.74, 6) is -0.659. The molecule has 0 radical (unpaired) electrons. The summed E-state index contributed by atoms with van der Waals surface area (Å²) in [7, 11) is 0. The number of carbonyl (C=O) groups excluding carboxylic acids is 1. The van der Waals surface area contributed by atoms with Gasteiger partial charge in [0.15, 0.2) is 0 Å². The van der Waals surface area contributed by atoms with Crippen molar-refractivity contribution in [3.05, 3.63) is 23.7 Å². The lowest BCUT2D eigenvalue weighted by Gasteiger charge is -2.23. The first-order valence-electron chi connectivity index (χ1n) is 6.65. The average molecular weight is 293 g/mol. The molecular weight excluding hydrogens is 274 g/mol. The first kappa shape index (κ1) is 16.6. The summed E-state index contributed by atoms with van der Waals surface area (Å²) in [6.07, 6.45) is 0.268. The van der Waals surface area contributed by atoms with Gasteiger partial charge in [0.25, 0.3) is 0 Å². The highest BCUT2D eigenvalue weighted by Gasteiger charge is 2.15. The van der Waals surface area contributed by atoms with E-state index in [-0.39, 0.29) is 30.7 Å². The van der Waals surface area contributed by atoms with Crippen molar-refractivity contribution in [2.45, 2.75) is 26.8 Å². The molecule has 0 spiro atoms. The predicted molar refractivity (Wildman–Crippen MR) is 74.5 cm³/mol. The molecule has 1 aromatic rings. The number of nitrogens with zero attached hydrogens (tertiary/aromatic N) is 2. The smallest absolute Gasteiger partial charge is 0.371 e. The van der Waals surface area contributed by atoms with Crippen LogP contribution in [0.1, 0.15) is 36.6 Å². The Morgan fingerprint density at radius 1 is 1.48 bits per heavy atom. The monoisotopic (exact) mass is 293 g/mol. The van der Waals surface area contributed by atoms with Gasteiger partial charge >= 0.3 is 12.0 Å². The molecule has 0 bridgehead atoms. The molecule has 0 unspecified atom stereocenters. The van der Waals surface area contributed by atoms with Gasteiger partial charge in [-0.25, -0.2) is 9.59 Å². The maximum absolute atomic E-state index is 12.0. The van der Waals surface area contributed by atoms with Gasteiger partial charge in [0.05, 0.1) is 19.0 Å². The van der Waals surface area contributed by atoms with Gasteiger partial charge in [-0.05, 0) is 18.1 Å². The molecule has 114 valence electrons. The third-order valence-corrected chi connectivity index (χ3v) is 2.65. The molecule has 21 heavy (non-hydrogen) atoms. The van der Waals surface area contributed by atoms with E-state index in [2.05, 4.69) is 5.32 Å². The zero-order valence-electron chi connectivity index (χ0n) is 12.1. The molecule has 0 saturated heterocycles. The number of furan rings is 1. The number of urea groups is 1. The van der Waals surface area contributed by atoms with Gasteiger partial charge in [-0.15, -0.1) is 0 Å². The molecule has 0 aliphatic rings. The number of nitriles is 1. The van der Waals surface area contributed by atoms with Crippen molar-refractivity contribution < 1.29 is 19.1 Å². The highest BCUT2D eigenvalue weighted by atomic mass is 16.4. The maximum Gasteiger partial charge on any atom is 0.371 e. The number of amides is 2. The molecule has 0 aliphatic carbocycles. The maximum atomic E-state index is 12.0. The molecule has 1 aromatic heterocycles. The lowest BCUT2D eigenvalue weighted by molar-refractivity contribution is 0.0660. The van der Waals surface area contributed by atoms with E-state index in [0.717, 1.165) is 0 Å². The van der Waals surface area contributed by atoms with Crippen molar-refractivity contribution in [2.75, 3.05) is 13.1 Å². The number of hydrogen-bond donors (Lipinski definition) is 2. The van der Waals surface area contributed by atoms with Crippen LogP contribution in [0.15, 0.2) is 16.5 Å². The molecule has 1 rings (SSSR count). The molecule has 2 N–H and O–H groups in total. The Labute approximate surface area is 123 Å². The van der Waals surface area contributed by atoms with Crippen molar-refractivity contribution in [1.29, 1.82) is 5.26 Å². The molecule has 0 fully saturated rings. The van der Waals surface area contributed by atoms with Gasteiger partial charge in [-0.1, -0.05) is 13.8 Å². The lowest BCUT2D eigenvalue weighted by Crippen LogP contribution is -2.42. The fraction of sp³-hybridized carbons (Fsp3) is 0.500. The normalized spacial score (nSPS) is 10.2. The van der Waals surface area contributed by atoms with Gasteiger partial charge < -0.3 is 19.7 Å². The van der Waals surface area contributed by atoms with Crippen LogP contribution in [-0.2, 0) is 6.54 Å². The van der Waals surface area contributed by atoms with Crippen LogP contribution in [0, 0.1) is 17.2 Å². The molecule has 7 nitrogen and oxygen atoms in total. The Morgan fingerprint density at radius 2 is 2.19 bits per heavy atom. The number of aromatic carboxylic acids is 1.